The van der Waals surface area contributed by atoms with E-state index in [-0.39, 0.29) is 5.97 Å². The van der Waals surface area contributed by atoms with Crippen LogP contribution < -0.4 is 5.32 Å². The molecule has 0 aliphatic rings. The summed E-state index contributed by atoms with van der Waals surface area (Å²) in [5.41, 5.74) is 2.02. The minimum absolute atomic E-state index is 0.276. The highest BCUT2D eigenvalue weighted by Gasteiger charge is 2.19. The van der Waals surface area contributed by atoms with E-state index in [0.29, 0.717) is 5.56 Å². The van der Waals surface area contributed by atoms with Gasteiger partial charge in [-0.1, -0.05) is 6.07 Å². The molecule has 0 saturated heterocycles. The topological polar surface area (TPSA) is 38.3 Å². The summed E-state index contributed by atoms with van der Waals surface area (Å²) in [7, 11) is 1.83. The minimum Gasteiger partial charge on any atom is -0.456 e. The summed E-state index contributed by atoms with van der Waals surface area (Å²) in [6.07, 6.45) is 0. The molecule has 1 aromatic carbocycles. The first-order valence-electron chi connectivity index (χ1n) is 5.36. The summed E-state index contributed by atoms with van der Waals surface area (Å²) in [6, 6.07) is 5.56. The second kappa shape index (κ2) is 4.56. The van der Waals surface area contributed by atoms with Crippen LogP contribution in [0, 0.1) is 6.92 Å². The van der Waals surface area contributed by atoms with E-state index >= 15 is 0 Å². The van der Waals surface area contributed by atoms with Crippen LogP contribution in [0.25, 0.3) is 0 Å². The van der Waals surface area contributed by atoms with Crippen LogP contribution in [0.3, 0.4) is 0 Å². The largest absolute Gasteiger partial charge is 0.456 e. The summed E-state index contributed by atoms with van der Waals surface area (Å²) < 4.78 is 5.34. The maximum absolute atomic E-state index is 11.9. The van der Waals surface area contributed by atoms with E-state index < -0.39 is 5.60 Å². The Bertz CT molecular complexity index is 391. The first-order chi connectivity index (χ1) is 7.35. The molecule has 1 aromatic rings. The molecule has 0 saturated carbocycles. The zero-order valence-corrected chi connectivity index (χ0v) is 10.5. The van der Waals surface area contributed by atoms with Gasteiger partial charge in [0.2, 0.25) is 0 Å². The molecule has 3 nitrogen and oxygen atoms in total. The molecule has 0 fully saturated rings. The Hall–Kier alpha value is -1.51. The van der Waals surface area contributed by atoms with E-state index in [1.54, 1.807) is 6.07 Å². The van der Waals surface area contributed by atoms with E-state index in [1.807, 2.05) is 46.9 Å². The Morgan fingerprint density at radius 3 is 2.44 bits per heavy atom. The van der Waals surface area contributed by atoms with Crippen LogP contribution in [0.5, 0.6) is 0 Å². The van der Waals surface area contributed by atoms with Gasteiger partial charge in [0, 0.05) is 12.7 Å². The lowest BCUT2D eigenvalue weighted by molar-refractivity contribution is 0.00688. The Morgan fingerprint density at radius 1 is 1.31 bits per heavy atom. The first kappa shape index (κ1) is 12.6. The molecular weight excluding hydrogens is 202 g/mol. The third-order valence-electron chi connectivity index (χ3n) is 2.22. The van der Waals surface area contributed by atoms with Crippen molar-refractivity contribution in [3.05, 3.63) is 29.3 Å². The van der Waals surface area contributed by atoms with Crippen LogP contribution >= 0.6 is 0 Å². The van der Waals surface area contributed by atoms with E-state index in [1.165, 1.54) is 0 Å². The number of rotatable bonds is 2. The Balaban J connectivity index is 3.01. The van der Waals surface area contributed by atoms with Gasteiger partial charge < -0.3 is 10.1 Å². The second-order valence-electron chi connectivity index (χ2n) is 4.73. The number of benzene rings is 1. The molecule has 0 amide bonds. The van der Waals surface area contributed by atoms with Gasteiger partial charge in [0.1, 0.15) is 5.60 Å². The summed E-state index contributed by atoms with van der Waals surface area (Å²) in [6.45, 7) is 7.50. The molecule has 0 unspecified atom stereocenters. The number of nitrogens with one attached hydrogen (secondary N) is 1. The third-order valence-corrected chi connectivity index (χ3v) is 2.22. The maximum atomic E-state index is 11.9. The van der Waals surface area contributed by atoms with Crippen LogP contribution in [0.15, 0.2) is 18.2 Å². The Morgan fingerprint density at radius 2 is 1.94 bits per heavy atom. The Kier molecular flexibility index (Phi) is 3.58. The normalized spacial score (nSPS) is 11.1. The van der Waals surface area contributed by atoms with Crippen molar-refractivity contribution in [1.29, 1.82) is 0 Å². The molecule has 1 rings (SSSR count). The molecule has 0 bridgehead atoms. The van der Waals surface area contributed by atoms with Crippen molar-refractivity contribution in [2.45, 2.75) is 33.3 Å². The number of carbonyl (C=O) groups excluding carboxylic acids is 1. The SMILES string of the molecule is CNc1cccc(C(=O)OC(C)(C)C)c1C. The van der Waals surface area contributed by atoms with E-state index in [2.05, 4.69) is 5.32 Å². The van der Waals surface area contributed by atoms with Crippen LogP contribution in [-0.4, -0.2) is 18.6 Å². The summed E-state index contributed by atoms with van der Waals surface area (Å²) in [5, 5.41) is 3.05. The van der Waals surface area contributed by atoms with Gasteiger partial charge in [0.15, 0.2) is 0 Å². The van der Waals surface area contributed by atoms with Crippen molar-refractivity contribution in [3.8, 4) is 0 Å². The molecular formula is C13H19NO2. The number of esters is 1. The quantitative estimate of drug-likeness (QED) is 0.780. The maximum Gasteiger partial charge on any atom is 0.338 e. The predicted molar refractivity (Wildman–Crippen MR) is 65.9 cm³/mol. The van der Waals surface area contributed by atoms with E-state index in [9.17, 15) is 4.79 Å². The van der Waals surface area contributed by atoms with Gasteiger partial charge in [0.25, 0.3) is 0 Å². The monoisotopic (exact) mass is 221 g/mol. The number of carbonyl (C=O) groups is 1. The summed E-state index contributed by atoms with van der Waals surface area (Å²) in [5.74, 6) is -0.276. The van der Waals surface area contributed by atoms with Crippen LogP contribution in [0.1, 0.15) is 36.7 Å². The fourth-order valence-electron chi connectivity index (χ4n) is 1.46. The molecule has 0 spiro atoms. The lowest BCUT2D eigenvalue weighted by Gasteiger charge is -2.20. The first-order valence-corrected chi connectivity index (χ1v) is 5.36. The van der Waals surface area contributed by atoms with Crippen molar-refractivity contribution in [1.82, 2.24) is 0 Å². The third kappa shape index (κ3) is 2.99. The second-order valence-corrected chi connectivity index (χ2v) is 4.73. The zero-order valence-electron chi connectivity index (χ0n) is 10.5. The van der Waals surface area contributed by atoms with Crippen molar-refractivity contribution >= 4 is 11.7 Å². The van der Waals surface area contributed by atoms with E-state index in [0.717, 1.165) is 11.3 Å². The number of hydrogen-bond donors (Lipinski definition) is 1. The van der Waals surface area contributed by atoms with Crippen LogP contribution in [0.2, 0.25) is 0 Å². The highest BCUT2D eigenvalue weighted by molar-refractivity contribution is 5.93. The fourth-order valence-corrected chi connectivity index (χ4v) is 1.46. The van der Waals surface area contributed by atoms with Crippen molar-refractivity contribution in [2.75, 3.05) is 12.4 Å². The number of ether oxygens (including phenoxy) is 1. The average Bonchev–Trinajstić information content (AvgIpc) is 2.15. The van der Waals surface area contributed by atoms with Gasteiger partial charge in [0.05, 0.1) is 5.56 Å². The van der Waals surface area contributed by atoms with Gasteiger partial charge in [-0.15, -0.1) is 0 Å². The molecule has 16 heavy (non-hydrogen) atoms. The number of hydrogen-bond acceptors (Lipinski definition) is 3. The van der Waals surface area contributed by atoms with Gasteiger partial charge >= 0.3 is 5.97 Å². The van der Waals surface area contributed by atoms with Crippen molar-refractivity contribution in [3.63, 3.8) is 0 Å². The molecule has 0 radical (unpaired) electrons. The fraction of sp³-hybridized carbons (Fsp3) is 0.462. The number of anilines is 1. The molecule has 0 aliphatic heterocycles. The molecule has 1 N–H and O–H groups in total. The highest BCUT2D eigenvalue weighted by atomic mass is 16.6. The smallest absolute Gasteiger partial charge is 0.338 e. The highest BCUT2D eigenvalue weighted by Crippen LogP contribution is 2.21. The predicted octanol–water partition coefficient (Wildman–Crippen LogP) is 2.99. The minimum atomic E-state index is -0.459. The van der Waals surface area contributed by atoms with Crippen LogP contribution in [0.4, 0.5) is 5.69 Å². The summed E-state index contributed by atoms with van der Waals surface area (Å²) >= 11 is 0. The molecule has 0 aromatic heterocycles. The molecule has 0 atom stereocenters. The standard InChI is InChI=1S/C13H19NO2/c1-9-10(7-6-8-11(9)14-5)12(15)16-13(2,3)4/h6-8,14H,1-5H3. The van der Waals surface area contributed by atoms with Crippen molar-refractivity contribution < 1.29 is 9.53 Å². The summed E-state index contributed by atoms with van der Waals surface area (Å²) in [4.78, 5) is 11.9. The zero-order chi connectivity index (χ0) is 12.3. The van der Waals surface area contributed by atoms with E-state index in [4.69, 9.17) is 4.74 Å². The van der Waals surface area contributed by atoms with Gasteiger partial charge in [-0.25, -0.2) is 4.79 Å². The Labute approximate surface area is 96.8 Å². The van der Waals surface area contributed by atoms with Crippen LogP contribution in [-0.2, 0) is 4.74 Å². The van der Waals surface area contributed by atoms with Crippen molar-refractivity contribution in [2.24, 2.45) is 0 Å². The lowest BCUT2D eigenvalue weighted by Crippen LogP contribution is -2.24. The lowest BCUT2D eigenvalue weighted by atomic mass is 10.1. The van der Waals surface area contributed by atoms with Gasteiger partial charge in [-0.3, -0.25) is 0 Å². The molecule has 3 heteroatoms. The average molecular weight is 221 g/mol. The molecule has 0 aliphatic carbocycles. The molecule has 0 heterocycles. The van der Waals surface area contributed by atoms with Gasteiger partial charge in [-0.05, 0) is 45.4 Å². The van der Waals surface area contributed by atoms with Gasteiger partial charge in [-0.2, -0.15) is 0 Å². The molecule has 88 valence electrons.